The Hall–Kier alpha value is -0.120. The number of aryl methyl sites for hydroxylation is 2. The van der Waals surface area contributed by atoms with Crippen molar-refractivity contribution < 1.29 is 0 Å². The Labute approximate surface area is 133 Å². The van der Waals surface area contributed by atoms with Crippen molar-refractivity contribution in [2.24, 2.45) is 0 Å². The molecule has 0 amide bonds. The number of benzene rings is 2. The van der Waals surface area contributed by atoms with Crippen molar-refractivity contribution in [1.29, 1.82) is 0 Å². The van der Waals surface area contributed by atoms with Gasteiger partial charge in [-0.1, -0.05) is 77.6 Å². The minimum atomic E-state index is 0.198. The zero-order valence-corrected chi connectivity index (χ0v) is 14.9. The highest BCUT2D eigenvalue weighted by atomic mass is 79.9. The number of rotatable bonds is 2. The van der Waals surface area contributed by atoms with Crippen molar-refractivity contribution in [3.63, 3.8) is 0 Å². The maximum Gasteiger partial charge on any atom is 0.0656 e. The van der Waals surface area contributed by atoms with E-state index in [1.807, 2.05) is 0 Å². The monoisotopic (exact) mass is 430 g/mol. The van der Waals surface area contributed by atoms with Gasteiger partial charge in [-0.25, -0.2) is 0 Å². The number of alkyl halides is 1. The predicted octanol–water partition coefficient (Wildman–Crippen LogP) is 6.31. The first kappa shape index (κ1) is 14.3. The Bertz CT molecular complexity index is 559. The van der Waals surface area contributed by atoms with Crippen LogP contribution in [0.1, 0.15) is 27.1 Å². The van der Waals surface area contributed by atoms with Gasteiger partial charge in [0.1, 0.15) is 0 Å². The fourth-order valence-electron chi connectivity index (χ4n) is 1.77. The van der Waals surface area contributed by atoms with E-state index in [4.69, 9.17) is 0 Å². The topological polar surface area (TPSA) is 0 Å². The van der Waals surface area contributed by atoms with Crippen LogP contribution in [0.5, 0.6) is 0 Å². The van der Waals surface area contributed by atoms with E-state index in [-0.39, 0.29) is 4.83 Å². The molecular weight excluding hydrogens is 420 g/mol. The van der Waals surface area contributed by atoms with Gasteiger partial charge in [-0.2, -0.15) is 0 Å². The number of halogens is 3. The van der Waals surface area contributed by atoms with Crippen molar-refractivity contribution >= 4 is 47.8 Å². The lowest BCUT2D eigenvalue weighted by atomic mass is 10.0. The molecule has 0 saturated heterocycles. The van der Waals surface area contributed by atoms with Gasteiger partial charge in [0, 0.05) is 8.95 Å². The van der Waals surface area contributed by atoms with Gasteiger partial charge in [-0.05, 0) is 42.7 Å². The van der Waals surface area contributed by atoms with Gasteiger partial charge in [0.25, 0.3) is 0 Å². The minimum absolute atomic E-state index is 0.198. The number of hydrogen-bond acceptors (Lipinski definition) is 0. The first-order valence-corrected chi connectivity index (χ1v) is 8.15. The molecule has 0 spiro atoms. The molecule has 1 atom stereocenters. The van der Waals surface area contributed by atoms with E-state index in [0.717, 1.165) is 8.95 Å². The third-order valence-corrected chi connectivity index (χ3v) is 5.48. The summed E-state index contributed by atoms with van der Waals surface area (Å²) in [5.41, 5.74) is 5.00. The first-order chi connectivity index (χ1) is 8.49. The highest BCUT2D eigenvalue weighted by Gasteiger charge is 2.14. The highest BCUT2D eigenvalue weighted by Crippen LogP contribution is 2.38. The minimum Gasteiger partial charge on any atom is -0.0786 e. The average Bonchev–Trinajstić information content (AvgIpc) is 2.34. The average molecular weight is 433 g/mol. The van der Waals surface area contributed by atoms with Crippen LogP contribution in [-0.2, 0) is 0 Å². The van der Waals surface area contributed by atoms with Gasteiger partial charge in [-0.3, -0.25) is 0 Å². The van der Waals surface area contributed by atoms with Gasteiger partial charge in [-0.15, -0.1) is 0 Å². The van der Waals surface area contributed by atoms with Crippen LogP contribution in [0, 0.1) is 13.8 Å². The summed E-state index contributed by atoms with van der Waals surface area (Å²) in [5.74, 6) is 0. The van der Waals surface area contributed by atoms with Gasteiger partial charge < -0.3 is 0 Å². The summed E-state index contributed by atoms with van der Waals surface area (Å²) in [6.45, 7) is 4.19. The van der Waals surface area contributed by atoms with Crippen LogP contribution < -0.4 is 0 Å². The number of hydrogen-bond donors (Lipinski definition) is 0. The Morgan fingerprint density at radius 1 is 0.889 bits per heavy atom. The molecule has 18 heavy (non-hydrogen) atoms. The van der Waals surface area contributed by atoms with E-state index in [9.17, 15) is 0 Å². The zero-order chi connectivity index (χ0) is 13.3. The molecule has 2 rings (SSSR count). The SMILES string of the molecule is Cc1ccc(C(Br)c2cc(Br)c(C)cc2Br)cc1. The second-order valence-electron chi connectivity index (χ2n) is 4.40. The van der Waals surface area contributed by atoms with Gasteiger partial charge in [0.15, 0.2) is 0 Å². The van der Waals surface area contributed by atoms with Crippen LogP contribution in [0.15, 0.2) is 45.3 Å². The molecule has 2 aromatic rings. The van der Waals surface area contributed by atoms with Crippen LogP contribution in [-0.4, -0.2) is 0 Å². The lowest BCUT2D eigenvalue weighted by molar-refractivity contribution is 1.15. The molecular formula is C15H13Br3. The summed E-state index contributed by atoms with van der Waals surface area (Å²) in [4.78, 5) is 0.198. The van der Waals surface area contributed by atoms with Crippen molar-refractivity contribution in [2.45, 2.75) is 18.7 Å². The van der Waals surface area contributed by atoms with E-state index < -0.39 is 0 Å². The molecule has 0 saturated carbocycles. The maximum absolute atomic E-state index is 3.78. The lowest BCUT2D eigenvalue weighted by Crippen LogP contribution is -1.95. The van der Waals surface area contributed by atoms with Gasteiger partial charge in [0.2, 0.25) is 0 Å². The summed E-state index contributed by atoms with van der Waals surface area (Å²) in [5, 5.41) is 0. The van der Waals surface area contributed by atoms with Crippen LogP contribution in [0.2, 0.25) is 0 Å². The molecule has 3 heteroatoms. The van der Waals surface area contributed by atoms with Crippen molar-refractivity contribution in [1.82, 2.24) is 0 Å². The summed E-state index contributed by atoms with van der Waals surface area (Å²) in [6.07, 6.45) is 0. The Morgan fingerprint density at radius 3 is 2.11 bits per heavy atom. The van der Waals surface area contributed by atoms with Crippen molar-refractivity contribution in [2.75, 3.05) is 0 Å². The molecule has 0 aromatic heterocycles. The van der Waals surface area contributed by atoms with Crippen LogP contribution in [0.4, 0.5) is 0 Å². The van der Waals surface area contributed by atoms with Crippen LogP contribution in [0.25, 0.3) is 0 Å². The second-order valence-corrected chi connectivity index (χ2v) is 7.02. The smallest absolute Gasteiger partial charge is 0.0656 e. The molecule has 0 N–H and O–H groups in total. The molecule has 94 valence electrons. The third-order valence-electron chi connectivity index (χ3n) is 2.92. The molecule has 0 bridgehead atoms. The normalized spacial score (nSPS) is 12.5. The van der Waals surface area contributed by atoms with Crippen LogP contribution >= 0.6 is 47.8 Å². The summed E-state index contributed by atoms with van der Waals surface area (Å²) < 4.78 is 2.27. The second kappa shape index (κ2) is 5.89. The fraction of sp³-hybridized carbons (Fsp3) is 0.200. The maximum atomic E-state index is 3.78. The van der Waals surface area contributed by atoms with Crippen LogP contribution in [0.3, 0.4) is 0 Å². The first-order valence-electron chi connectivity index (χ1n) is 5.65. The standard InChI is InChI=1S/C15H13Br3/c1-9-3-5-11(6-4-9)15(18)12-8-13(16)10(2)7-14(12)17/h3-8,15H,1-2H3. The molecule has 2 aromatic carbocycles. The summed E-state index contributed by atoms with van der Waals surface area (Å²) >= 11 is 11.0. The van der Waals surface area contributed by atoms with E-state index in [1.54, 1.807) is 0 Å². The van der Waals surface area contributed by atoms with Gasteiger partial charge in [0.05, 0.1) is 4.83 Å². The van der Waals surface area contributed by atoms with E-state index in [2.05, 4.69) is 98.0 Å². The Balaban J connectivity index is 2.42. The van der Waals surface area contributed by atoms with Crippen molar-refractivity contribution in [3.8, 4) is 0 Å². The largest absolute Gasteiger partial charge is 0.0786 e. The highest BCUT2D eigenvalue weighted by molar-refractivity contribution is 9.11. The Morgan fingerprint density at radius 2 is 1.50 bits per heavy atom. The molecule has 0 aliphatic heterocycles. The van der Waals surface area contributed by atoms with Crippen molar-refractivity contribution in [3.05, 3.63) is 67.6 Å². The lowest BCUT2D eigenvalue weighted by Gasteiger charge is -2.14. The third kappa shape index (κ3) is 3.06. The van der Waals surface area contributed by atoms with E-state index in [0.29, 0.717) is 0 Å². The Kier molecular flexibility index (Phi) is 4.68. The molecule has 0 aliphatic rings. The fourth-order valence-corrected chi connectivity index (χ4v) is 3.81. The van der Waals surface area contributed by atoms with E-state index >= 15 is 0 Å². The molecule has 0 aliphatic carbocycles. The molecule has 1 unspecified atom stereocenters. The zero-order valence-electron chi connectivity index (χ0n) is 10.2. The van der Waals surface area contributed by atoms with E-state index in [1.165, 1.54) is 22.3 Å². The molecule has 0 heterocycles. The molecule has 0 fully saturated rings. The predicted molar refractivity (Wildman–Crippen MR) is 88.5 cm³/mol. The van der Waals surface area contributed by atoms with Gasteiger partial charge >= 0.3 is 0 Å². The molecule has 0 nitrogen and oxygen atoms in total. The molecule has 0 radical (unpaired) electrons. The summed E-state index contributed by atoms with van der Waals surface area (Å²) in [7, 11) is 0. The summed E-state index contributed by atoms with van der Waals surface area (Å²) in [6, 6.07) is 12.9. The quantitative estimate of drug-likeness (QED) is 0.487.